The molecule has 0 saturated carbocycles. The topological polar surface area (TPSA) is 152 Å². The maximum Gasteiger partial charge on any atom is 0.306 e. The Morgan fingerprint density at radius 2 is 1.39 bits per heavy atom. The van der Waals surface area contributed by atoms with E-state index in [9.17, 15) is 19.2 Å². The molecular weight excluding hydrogens is 610 g/mol. The summed E-state index contributed by atoms with van der Waals surface area (Å²) in [5.41, 5.74) is 1.60. The second kappa shape index (κ2) is 14.2. The molecule has 0 bridgehead atoms. The van der Waals surface area contributed by atoms with Gasteiger partial charge in [-0.05, 0) is 30.2 Å². The van der Waals surface area contributed by atoms with Crippen LogP contribution in [0.15, 0.2) is 12.1 Å². The Morgan fingerprint density at radius 1 is 0.826 bits per heavy atom. The molecule has 46 heavy (non-hydrogen) atoms. The number of carbonyl (C=O) groups is 4. The molecule has 0 aliphatic carbocycles. The third kappa shape index (κ3) is 6.95. The smallest absolute Gasteiger partial charge is 0.306 e. The minimum Gasteiger partial charge on any atom is -0.493 e. The number of carboxylic acids is 2. The van der Waals surface area contributed by atoms with E-state index in [0.717, 1.165) is 11.1 Å². The highest BCUT2D eigenvalue weighted by atomic mass is 19.1. The van der Waals surface area contributed by atoms with Crippen molar-refractivity contribution in [1.82, 2.24) is 9.80 Å². The number of hydrogen-bond acceptors (Lipinski definition) is 8. The standard InChI is InChI=1S/C32H38F2N2O10/c1-16(31(39)40)9-24(37)35-13-19-11-22(43-4)23(12-20(19)14-35)45-7-6-8-46-30-28(34)26-18(3)36(25(38)10-17(2)32(41)42)15-21(26)27(33)29(30)44-5/h11-12,16-18H,6-10,13-15H2,1-5H3,(H,39,40)(H,41,42)/t16-,17?,18?/m0/s1. The van der Waals surface area contributed by atoms with Gasteiger partial charge in [0.05, 0.1) is 45.3 Å². The summed E-state index contributed by atoms with van der Waals surface area (Å²) in [6, 6.07) is 2.67. The van der Waals surface area contributed by atoms with Crippen LogP contribution < -0.4 is 18.9 Å². The fraction of sp³-hybridized carbons (Fsp3) is 0.500. The zero-order chi connectivity index (χ0) is 33.9. The van der Waals surface area contributed by atoms with Crippen molar-refractivity contribution in [2.24, 2.45) is 11.8 Å². The second-order valence-corrected chi connectivity index (χ2v) is 11.5. The molecule has 12 nitrogen and oxygen atoms in total. The molecule has 2 amide bonds. The minimum absolute atomic E-state index is 0.0470. The summed E-state index contributed by atoms with van der Waals surface area (Å²) in [4.78, 5) is 50.5. The molecule has 2 aliphatic rings. The number of hydrogen-bond donors (Lipinski definition) is 2. The van der Waals surface area contributed by atoms with Crippen LogP contribution in [0, 0.1) is 23.5 Å². The molecular formula is C32H38F2N2O10. The van der Waals surface area contributed by atoms with Crippen molar-refractivity contribution < 1.29 is 57.1 Å². The van der Waals surface area contributed by atoms with Crippen molar-refractivity contribution in [3.05, 3.63) is 46.0 Å². The molecule has 0 fully saturated rings. The first kappa shape index (κ1) is 34.3. The average molecular weight is 649 g/mol. The van der Waals surface area contributed by atoms with Gasteiger partial charge >= 0.3 is 11.9 Å². The number of halogens is 2. The largest absolute Gasteiger partial charge is 0.493 e. The Labute approximate surface area is 264 Å². The third-order valence-electron chi connectivity index (χ3n) is 8.33. The first-order valence-electron chi connectivity index (χ1n) is 14.8. The molecule has 2 aromatic rings. The molecule has 3 atom stereocenters. The molecule has 2 heterocycles. The van der Waals surface area contributed by atoms with Gasteiger partial charge in [0.25, 0.3) is 0 Å². The number of carbonyl (C=O) groups excluding carboxylic acids is 2. The number of aliphatic carboxylic acids is 2. The maximum atomic E-state index is 15.8. The summed E-state index contributed by atoms with van der Waals surface area (Å²) in [6.45, 7) is 4.84. The highest BCUT2D eigenvalue weighted by Gasteiger charge is 2.39. The van der Waals surface area contributed by atoms with Gasteiger partial charge in [-0.3, -0.25) is 19.2 Å². The summed E-state index contributed by atoms with van der Waals surface area (Å²) in [5, 5.41) is 18.3. The Kier molecular flexibility index (Phi) is 10.6. The summed E-state index contributed by atoms with van der Waals surface area (Å²) in [5.74, 6) is -6.47. The lowest BCUT2D eigenvalue weighted by Crippen LogP contribution is -2.31. The van der Waals surface area contributed by atoms with Crippen molar-refractivity contribution in [2.45, 2.75) is 65.7 Å². The molecule has 0 aromatic heterocycles. The van der Waals surface area contributed by atoms with Gasteiger partial charge < -0.3 is 39.0 Å². The SMILES string of the molecule is COc1cc2c(cc1OCCCOc1c(F)c3c(c(F)c1OC)CN(C(=O)CC(C)C(=O)O)C3C)CN(C(=O)C[C@H](C)C(=O)O)C2. The summed E-state index contributed by atoms with van der Waals surface area (Å²) < 4.78 is 53.4. The molecule has 0 saturated heterocycles. The van der Waals surface area contributed by atoms with E-state index in [1.165, 1.54) is 39.9 Å². The Balaban J connectivity index is 1.39. The Morgan fingerprint density at radius 3 is 1.96 bits per heavy atom. The fourth-order valence-corrected chi connectivity index (χ4v) is 5.59. The molecule has 250 valence electrons. The lowest BCUT2D eigenvalue weighted by atomic mass is 10.0. The van der Waals surface area contributed by atoms with E-state index in [1.807, 2.05) is 0 Å². The molecule has 2 aromatic carbocycles. The molecule has 0 spiro atoms. The van der Waals surface area contributed by atoms with Crippen LogP contribution in [0.5, 0.6) is 23.0 Å². The quantitative estimate of drug-likeness (QED) is 0.284. The molecule has 4 rings (SSSR count). The van der Waals surface area contributed by atoms with Crippen LogP contribution in [0.25, 0.3) is 0 Å². The monoisotopic (exact) mass is 648 g/mol. The minimum atomic E-state index is -1.14. The zero-order valence-electron chi connectivity index (χ0n) is 26.4. The van der Waals surface area contributed by atoms with Gasteiger partial charge in [-0.25, -0.2) is 8.78 Å². The van der Waals surface area contributed by atoms with E-state index in [2.05, 4.69) is 0 Å². The van der Waals surface area contributed by atoms with Crippen molar-refractivity contribution >= 4 is 23.8 Å². The van der Waals surface area contributed by atoms with Crippen molar-refractivity contribution in [3.63, 3.8) is 0 Å². The molecule has 0 radical (unpaired) electrons. The molecule has 2 unspecified atom stereocenters. The van der Waals surface area contributed by atoms with Crippen molar-refractivity contribution in [2.75, 3.05) is 27.4 Å². The third-order valence-corrected chi connectivity index (χ3v) is 8.33. The van der Waals surface area contributed by atoms with Crippen LogP contribution in [0.4, 0.5) is 8.78 Å². The number of ether oxygens (including phenoxy) is 4. The summed E-state index contributed by atoms with van der Waals surface area (Å²) in [6.07, 6.45) is -0.161. The van der Waals surface area contributed by atoms with E-state index < -0.39 is 58.9 Å². The Bertz CT molecular complexity index is 1530. The van der Waals surface area contributed by atoms with Crippen LogP contribution >= 0.6 is 0 Å². The van der Waals surface area contributed by atoms with E-state index >= 15 is 8.78 Å². The van der Waals surface area contributed by atoms with E-state index in [0.29, 0.717) is 24.6 Å². The van der Waals surface area contributed by atoms with Crippen LogP contribution in [0.1, 0.15) is 68.3 Å². The van der Waals surface area contributed by atoms with Crippen LogP contribution in [0.3, 0.4) is 0 Å². The predicted molar refractivity (Wildman–Crippen MR) is 158 cm³/mol. The number of carboxylic acid groups (broad SMARTS) is 2. The van der Waals surface area contributed by atoms with E-state index in [-0.39, 0.29) is 56.1 Å². The number of nitrogens with zero attached hydrogens (tertiary/aromatic N) is 2. The van der Waals surface area contributed by atoms with Crippen molar-refractivity contribution in [3.8, 4) is 23.0 Å². The van der Waals surface area contributed by atoms with Gasteiger partial charge in [0.1, 0.15) is 0 Å². The van der Waals surface area contributed by atoms with Crippen LogP contribution in [0.2, 0.25) is 0 Å². The second-order valence-electron chi connectivity index (χ2n) is 11.5. The van der Waals surface area contributed by atoms with Gasteiger partial charge in [0.2, 0.25) is 17.6 Å². The average Bonchev–Trinajstić information content (AvgIpc) is 3.59. The molecule has 14 heteroatoms. The zero-order valence-corrected chi connectivity index (χ0v) is 26.4. The van der Waals surface area contributed by atoms with Crippen LogP contribution in [-0.2, 0) is 38.8 Å². The first-order chi connectivity index (χ1) is 21.8. The van der Waals surface area contributed by atoms with Gasteiger partial charge in [-0.2, -0.15) is 0 Å². The van der Waals surface area contributed by atoms with Gasteiger partial charge in [0, 0.05) is 50.0 Å². The first-order valence-corrected chi connectivity index (χ1v) is 14.8. The lowest BCUT2D eigenvalue weighted by molar-refractivity contribution is -0.146. The maximum absolute atomic E-state index is 15.8. The molecule has 2 N–H and O–H groups in total. The van der Waals surface area contributed by atoms with Crippen LogP contribution in [-0.4, -0.2) is 71.2 Å². The number of benzene rings is 2. The van der Waals surface area contributed by atoms with E-state index in [1.54, 1.807) is 17.0 Å². The summed E-state index contributed by atoms with van der Waals surface area (Å²) in [7, 11) is 2.65. The number of rotatable bonds is 14. The van der Waals surface area contributed by atoms with E-state index in [4.69, 9.17) is 29.2 Å². The lowest BCUT2D eigenvalue weighted by Gasteiger charge is -2.23. The van der Waals surface area contributed by atoms with Crippen molar-refractivity contribution in [1.29, 1.82) is 0 Å². The van der Waals surface area contributed by atoms with Gasteiger partial charge in [-0.1, -0.05) is 13.8 Å². The normalized spacial score (nSPS) is 16.4. The number of fused-ring (bicyclic) bond motifs is 2. The number of methoxy groups -OCH3 is 2. The highest BCUT2D eigenvalue weighted by Crippen LogP contribution is 2.46. The van der Waals surface area contributed by atoms with Gasteiger partial charge in [-0.15, -0.1) is 0 Å². The molecule has 2 aliphatic heterocycles. The highest BCUT2D eigenvalue weighted by molar-refractivity contribution is 5.83. The summed E-state index contributed by atoms with van der Waals surface area (Å²) >= 11 is 0. The van der Waals surface area contributed by atoms with Gasteiger partial charge in [0.15, 0.2) is 28.9 Å². The predicted octanol–water partition coefficient (Wildman–Crippen LogP) is 4.30. The fourth-order valence-electron chi connectivity index (χ4n) is 5.59. The Hall–Kier alpha value is -4.62. The number of amides is 2.